The molecule has 0 aromatic heterocycles. The number of amides is 1. The lowest BCUT2D eigenvalue weighted by Crippen LogP contribution is -2.14. The quantitative estimate of drug-likeness (QED) is 0.500. The highest BCUT2D eigenvalue weighted by molar-refractivity contribution is 6.36. The Kier molecular flexibility index (Phi) is 5.38. The molecule has 0 aliphatic rings. The van der Waals surface area contributed by atoms with E-state index < -0.39 is 16.8 Å². The van der Waals surface area contributed by atoms with Gasteiger partial charge in [0.15, 0.2) is 0 Å². The van der Waals surface area contributed by atoms with Gasteiger partial charge in [0, 0.05) is 12.1 Å². The number of hydrogen-bond acceptors (Lipinski definition) is 5. The predicted octanol–water partition coefficient (Wildman–Crippen LogP) is 3.94. The highest BCUT2D eigenvalue weighted by Crippen LogP contribution is 2.27. The van der Waals surface area contributed by atoms with Crippen LogP contribution < -0.4 is 5.32 Å². The van der Waals surface area contributed by atoms with Crippen molar-refractivity contribution in [1.29, 1.82) is 0 Å². The van der Waals surface area contributed by atoms with Gasteiger partial charge in [0.25, 0.3) is 11.6 Å². The summed E-state index contributed by atoms with van der Waals surface area (Å²) < 4.78 is 4.59. The molecule has 24 heavy (non-hydrogen) atoms. The van der Waals surface area contributed by atoms with Gasteiger partial charge >= 0.3 is 5.97 Å². The number of ether oxygens (including phenoxy) is 1. The molecule has 0 atom stereocenters. The van der Waals surface area contributed by atoms with Crippen LogP contribution >= 0.6 is 23.2 Å². The van der Waals surface area contributed by atoms with E-state index in [1.165, 1.54) is 37.4 Å². The van der Waals surface area contributed by atoms with Crippen LogP contribution in [0.1, 0.15) is 20.7 Å². The number of nitrogens with one attached hydrogen (secondary N) is 1. The molecular formula is C15H10Cl2N2O5. The van der Waals surface area contributed by atoms with Crippen molar-refractivity contribution in [3.63, 3.8) is 0 Å². The molecule has 0 aliphatic heterocycles. The lowest BCUT2D eigenvalue weighted by Gasteiger charge is -2.10. The third kappa shape index (κ3) is 3.81. The molecule has 9 heteroatoms. The number of anilines is 1. The van der Waals surface area contributed by atoms with Crippen LogP contribution in [0.3, 0.4) is 0 Å². The number of methoxy groups -OCH3 is 1. The van der Waals surface area contributed by atoms with Gasteiger partial charge in [-0.25, -0.2) is 4.79 Å². The molecule has 0 unspecified atom stereocenters. The van der Waals surface area contributed by atoms with Gasteiger partial charge in [-0.15, -0.1) is 0 Å². The number of benzene rings is 2. The molecule has 1 N–H and O–H groups in total. The zero-order valence-corrected chi connectivity index (χ0v) is 13.7. The Labute approximate surface area is 146 Å². The summed E-state index contributed by atoms with van der Waals surface area (Å²) in [7, 11) is 1.22. The molecule has 124 valence electrons. The number of carbonyl (C=O) groups is 2. The van der Waals surface area contributed by atoms with Crippen molar-refractivity contribution in [2.24, 2.45) is 0 Å². The van der Waals surface area contributed by atoms with Crippen LogP contribution in [0.2, 0.25) is 10.0 Å². The van der Waals surface area contributed by atoms with Gasteiger partial charge in [-0.05, 0) is 24.3 Å². The Hall–Kier alpha value is -2.64. The van der Waals surface area contributed by atoms with Crippen LogP contribution in [0.25, 0.3) is 0 Å². The van der Waals surface area contributed by atoms with Crippen LogP contribution in [-0.4, -0.2) is 23.9 Å². The molecule has 0 bridgehead atoms. The number of non-ortho nitro benzene ring substituents is 1. The zero-order valence-electron chi connectivity index (χ0n) is 12.2. The van der Waals surface area contributed by atoms with Crippen LogP contribution in [0.5, 0.6) is 0 Å². The third-order valence-corrected chi connectivity index (χ3v) is 3.70. The molecule has 0 saturated carbocycles. The minimum atomic E-state index is -0.701. The summed E-state index contributed by atoms with van der Waals surface area (Å²) in [6.45, 7) is 0. The van der Waals surface area contributed by atoms with Gasteiger partial charge in [-0.3, -0.25) is 14.9 Å². The van der Waals surface area contributed by atoms with Crippen LogP contribution in [0.15, 0.2) is 36.4 Å². The van der Waals surface area contributed by atoms with Crippen LogP contribution in [0, 0.1) is 10.1 Å². The first-order valence-electron chi connectivity index (χ1n) is 6.46. The molecule has 2 aromatic carbocycles. The number of nitro groups is 1. The maximum atomic E-state index is 12.3. The largest absolute Gasteiger partial charge is 0.465 e. The first kappa shape index (κ1) is 17.7. The highest BCUT2D eigenvalue weighted by atomic mass is 35.5. The second-order valence-electron chi connectivity index (χ2n) is 4.56. The van der Waals surface area contributed by atoms with E-state index in [0.29, 0.717) is 0 Å². The number of nitrogens with zero attached hydrogens (tertiary/aromatic N) is 1. The number of carbonyl (C=O) groups excluding carboxylic acids is 2. The lowest BCUT2D eigenvalue weighted by atomic mass is 10.1. The molecule has 0 heterocycles. The number of hydrogen-bond donors (Lipinski definition) is 1. The monoisotopic (exact) mass is 368 g/mol. The topological polar surface area (TPSA) is 98.5 Å². The summed E-state index contributed by atoms with van der Waals surface area (Å²) in [6.07, 6.45) is 0. The summed E-state index contributed by atoms with van der Waals surface area (Å²) >= 11 is 11.9. The van der Waals surface area contributed by atoms with Crippen molar-refractivity contribution in [3.8, 4) is 0 Å². The molecule has 1 amide bonds. The van der Waals surface area contributed by atoms with Crippen molar-refractivity contribution < 1.29 is 19.2 Å². The van der Waals surface area contributed by atoms with E-state index in [1.54, 1.807) is 0 Å². The van der Waals surface area contributed by atoms with E-state index in [1.807, 2.05) is 0 Å². The molecule has 7 nitrogen and oxygen atoms in total. The van der Waals surface area contributed by atoms with Gasteiger partial charge in [-0.1, -0.05) is 23.2 Å². The van der Waals surface area contributed by atoms with E-state index >= 15 is 0 Å². The summed E-state index contributed by atoms with van der Waals surface area (Å²) in [6, 6.07) is 7.67. The van der Waals surface area contributed by atoms with Crippen molar-refractivity contribution in [3.05, 3.63) is 67.7 Å². The van der Waals surface area contributed by atoms with E-state index in [-0.39, 0.29) is 32.5 Å². The fraction of sp³-hybridized carbons (Fsp3) is 0.0667. The number of rotatable bonds is 4. The van der Waals surface area contributed by atoms with Crippen LogP contribution in [-0.2, 0) is 4.74 Å². The van der Waals surface area contributed by atoms with Crippen molar-refractivity contribution in [1.82, 2.24) is 0 Å². The molecule has 0 aliphatic carbocycles. The van der Waals surface area contributed by atoms with Crippen molar-refractivity contribution in [2.75, 3.05) is 12.4 Å². The maximum Gasteiger partial charge on any atom is 0.337 e. The SMILES string of the molecule is COC(=O)c1ccc(Cl)c(NC(=O)c2cc([N+](=O)[O-])ccc2Cl)c1. The fourth-order valence-corrected chi connectivity index (χ4v) is 2.22. The Morgan fingerprint density at radius 2 is 1.79 bits per heavy atom. The van der Waals surface area contributed by atoms with E-state index in [9.17, 15) is 19.7 Å². The Morgan fingerprint density at radius 1 is 1.12 bits per heavy atom. The standard InChI is InChI=1S/C15H10Cl2N2O5/c1-24-15(21)8-2-4-12(17)13(6-8)18-14(20)10-7-9(19(22)23)3-5-11(10)16/h2-7H,1H3,(H,18,20). The molecule has 0 spiro atoms. The van der Waals surface area contributed by atoms with Crippen LogP contribution in [0.4, 0.5) is 11.4 Å². The average molecular weight is 369 g/mol. The second kappa shape index (κ2) is 7.29. The lowest BCUT2D eigenvalue weighted by molar-refractivity contribution is -0.384. The minimum absolute atomic E-state index is 0.0401. The molecule has 2 aromatic rings. The zero-order chi connectivity index (χ0) is 17.9. The minimum Gasteiger partial charge on any atom is -0.465 e. The Bertz CT molecular complexity index is 839. The van der Waals surface area contributed by atoms with E-state index in [2.05, 4.69) is 10.1 Å². The van der Waals surface area contributed by atoms with Gasteiger partial charge in [-0.2, -0.15) is 0 Å². The number of nitro benzene ring substituents is 1. The fourth-order valence-electron chi connectivity index (χ4n) is 1.86. The maximum absolute atomic E-state index is 12.3. The Morgan fingerprint density at radius 3 is 2.42 bits per heavy atom. The first-order valence-corrected chi connectivity index (χ1v) is 7.22. The predicted molar refractivity (Wildman–Crippen MR) is 88.9 cm³/mol. The van der Waals surface area contributed by atoms with Crippen molar-refractivity contribution >= 4 is 46.5 Å². The summed E-state index contributed by atoms with van der Waals surface area (Å²) in [4.78, 5) is 34.0. The molecule has 0 saturated heterocycles. The third-order valence-electron chi connectivity index (χ3n) is 3.04. The summed E-state index contributed by atoms with van der Waals surface area (Å²) in [5.74, 6) is -1.30. The van der Waals surface area contributed by atoms with E-state index in [4.69, 9.17) is 23.2 Å². The average Bonchev–Trinajstić information content (AvgIpc) is 2.56. The number of esters is 1. The molecule has 2 rings (SSSR count). The molecule has 0 fully saturated rings. The summed E-state index contributed by atoms with van der Waals surface area (Å²) in [5, 5.41) is 13.5. The van der Waals surface area contributed by atoms with Crippen molar-refractivity contribution in [2.45, 2.75) is 0 Å². The first-order chi connectivity index (χ1) is 11.3. The smallest absolute Gasteiger partial charge is 0.337 e. The van der Waals surface area contributed by atoms with E-state index in [0.717, 1.165) is 6.07 Å². The Balaban J connectivity index is 2.35. The van der Waals surface area contributed by atoms with Gasteiger partial charge < -0.3 is 10.1 Å². The second-order valence-corrected chi connectivity index (χ2v) is 5.38. The van der Waals surface area contributed by atoms with Gasteiger partial charge in [0.05, 0.1) is 38.9 Å². The molecular weight excluding hydrogens is 359 g/mol. The van der Waals surface area contributed by atoms with Gasteiger partial charge in [0.1, 0.15) is 0 Å². The normalized spacial score (nSPS) is 10.1. The van der Waals surface area contributed by atoms with Gasteiger partial charge in [0.2, 0.25) is 0 Å². The number of halogens is 2. The molecule has 0 radical (unpaired) electrons. The summed E-state index contributed by atoms with van der Waals surface area (Å²) in [5.41, 5.74) is -0.0427. The highest BCUT2D eigenvalue weighted by Gasteiger charge is 2.18.